The van der Waals surface area contributed by atoms with E-state index < -0.39 is 17.5 Å². The summed E-state index contributed by atoms with van der Waals surface area (Å²) in [7, 11) is 1.29. The summed E-state index contributed by atoms with van der Waals surface area (Å²) in [4.78, 5) is 42.4. The number of urea groups is 1. The number of hydrogen-bond acceptors (Lipinski definition) is 7. The number of hydrogen-bond donors (Lipinski definition) is 1. The molecule has 0 bridgehead atoms. The van der Waals surface area contributed by atoms with E-state index in [1.54, 1.807) is 56.0 Å². The SMILES string of the molecule is CCOC(=O)C(C)(C)Oc1ccc(N(CC2CC2)C(=O)Nc2ccc(C(=O)OC)cn2)cc1. The zero-order valence-corrected chi connectivity index (χ0v) is 19.3. The third-order valence-corrected chi connectivity index (χ3v) is 5.09. The second kappa shape index (κ2) is 10.3. The minimum atomic E-state index is -1.13. The molecule has 0 saturated heterocycles. The zero-order chi connectivity index (χ0) is 24.0. The summed E-state index contributed by atoms with van der Waals surface area (Å²) in [5.74, 6) is 0.316. The Labute approximate surface area is 193 Å². The second-order valence-electron chi connectivity index (χ2n) is 8.23. The fourth-order valence-corrected chi connectivity index (χ4v) is 3.08. The van der Waals surface area contributed by atoms with Crippen LogP contribution in [0, 0.1) is 5.92 Å². The fraction of sp³-hybridized carbons (Fsp3) is 0.417. The predicted molar refractivity (Wildman–Crippen MR) is 122 cm³/mol. The number of nitrogens with zero attached hydrogens (tertiary/aromatic N) is 2. The standard InChI is InChI=1S/C24H29N3O6/c1-5-32-22(29)24(2,3)33-19-11-9-18(10-12-19)27(15-16-6-7-16)23(30)26-20-13-8-17(14-25-20)21(28)31-4/h8-14,16H,5-7,15H2,1-4H3,(H,25,26,30). The molecule has 0 atom stereocenters. The van der Waals surface area contributed by atoms with Gasteiger partial charge in [-0.25, -0.2) is 19.4 Å². The van der Waals surface area contributed by atoms with Crippen LogP contribution in [-0.2, 0) is 14.3 Å². The average Bonchev–Trinajstić information content (AvgIpc) is 3.62. The van der Waals surface area contributed by atoms with Gasteiger partial charge in [0.05, 0.1) is 19.3 Å². The van der Waals surface area contributed by atoms with E-state index >= 15 is 0 Å². The minimum absolute atomic E-state index is 0.274. The number of rotatable bonds is 9. The van der Waals surface area contributed by atoms with E-state index in [9.17, 15) is 14.4 Å². The van der Waals surface area contributed by atoms with Crippen LogP contribution in [0.5, 0.6) is 5.75 Å². The van der Waals surface area contributed by atoms with Crippen LogP contribution in [0.15, 0.2) is 42.6 Å². The highest BCUT2D eigenvalue weighted by atomic mass is 16.6. The molecular weight excluding hydrogens is 426 g/mol. The third kappa shape index (κ3) is 6.44. The Bertz CT molecular complexity index is 984. The van der Waals surface area contributed by atoms with Crippen LogP contribution in [-0.4, -0.2) is 48.8 Å². The fourth-order valence-electron chi connectivity index (χ4n) is 3.08. The first kappa shape index (κ1) is 24.0. The summed E-state index contributed by atoms with van der Waals surface area (Å²) < 4.78 is 15.5. The lowest BCUT2D eigenvalue weighted by Gasteiger charge is -2.26. The van der Waals surface area contributed by atoms with Crippen LogP contribution in [0.2, 0.25) is 0 Å². The second-order valence-corrected chi connectivity index (χ2v) is 8.23. The van der Waals surface area contributed by atoms with Gasteiger partial charge in [-0.05, 0) is 75.9 Å². The molecule has 1 N–H and O–H groups in total. The van der Waals surface area contributed by atoms with Crippen molar-refractivity contribution >= 4 is 29.5 Å². The van der Waals surface area contributed by atoms with Gasteiger partial charge in [0.15, 0.2) is 5.60 Å². The number of carbonyl (C=O) groups is 3. The van der Waals surface area contributed by atoms with Crippen LogP contribution < -0.4 is 15.0 Å². The number of esters is 2. The number of ether oxygens (including phenoxy) is 3. The van der Waals surface area contributed by atoms with Crippen LogP contribution in [0.25, 0.3) is 0 Å². The van der Waals surface area contributed by atoms with Crippen molar-refractivity contribution < 1.29 is 28.6 Å². The molecule has 0 unspecified atom stereocenters. The molecule has 0 aliphatic heterocycles. The predicted octanol–water partition coefficient (Wildman–Crippen LogP) is 4.04. The summed E-state index contributed by atoms with van der Waals surface area (Å²) >= 11 is 0. The first-order chi connectivity index (χ1) is 15.7. The van der Waals surface area contributed by atoms with Crippen molar-refractivity contribution in [1.82, 2.24) is 4.98 Å². The van der Waals surface area contributed by atoms with Gasteiger partial charge < -0.3 is 14.2 Å². The molecule has 2 amide bonds. The average molecular weight is 456 g/mol. The van der Waals surface area contributed by atoms with Gasteiger partial charge in [-0.2, -0.15) is 0 Å². The monoisotopic (exact) mass is 455 g/mol. The number of anilines is 2. The van der Waals surface area contributed by atoms with Gasteiger partial charge in [-0.1, -0.05) is 0 Å². The molecule has 1 aliphatic rings. The minimum Gasteiger partial charge on any atom is -0.476 e. The normalized spacial score (nSPS) is 13.1. The maximum atomic E-state index is 13.0. The molecule has 2 aromatic rings. The molecule has 1 fully saturated rings. The lowest BCUT2D eigenvalue weighted by atomic mass is 10.1. The molecular formula is C24H29N3O6. The first-order valence-electron chi connectivity index (χ1n) is 10.8. The van der Waals surface area contributed by atoms with E-state index in [2.05, 4.69) is 15.0 Å². The number of pyridine rings is 1. The summed E-state index contributed by atoms with van der Waals surface area (Å²) in [6, 6.07) is 9.73. The van der Waals surface area contributed by atoms with Gasteiger partial charge in [0.2, 0.25) is 0 Å². The van der Waals surface area contributed by atoms with Crippen molar-refractivity contribution in [3.05, 3.63) is 48.2 Å². The van der Waals surface area contributed by atoms with E-state index in [0.717, 1.165) is 12.8 Å². The maximum absolute atomic E-state index is 13.0. The van der Waals surface area contributed by atoms with Crippen LogP contribution in [0.1, 0.15) is 44.0 Å². The molecule has 9 heteroatoms. The van der Waals surface area contributed by atoms with E-state index in [-0.39, 0.29) is 12.6 Å². The van der Waals surface area contributed by atoms with E-state index in [0.29, 0.717) is 35.3 Å². The third-order valence-electron chi connectivity index (χ3n) is 5.09. The van der Waals surface area contributed by atoms with Gasteiger partial charge in [-0.3, -0.25) is 10.2 Å². The quantitative estimate of drug-likeness (QED) is 0.569. The van der Waals surface area contributed by atoms with Crippen molar-refractivity contribution in [3.8, 4) is 5.75 Å². The number of methoxy groups -OCH3 is 1. The molecule has 0 spiro atoms. The highest BCUT2D eigenvalue weighted by Crippen LogP contribution is 2.32. The number of nitrogens with one attached hydrogen (secondary N) is 1. The van der Waals surface area contributed by atoms with Crippen LogP contribution >= 0.6 is 0 Å². The maximum Gasteiger partial charge on any atom is 0.349 e. The van der Waals surface area contributed by atoms with Crippen molar-refractivity contribution in [1.29, 1.82) is 0 Å². The molecule has 1 aromatic carbocycles. The van der Waals surface area contributed by atoms with E-state index in [1.807, 2.05) is 0 Å². The highest BCUT2D eigenvalue weighted by Gasteiger charge is 2.32. The molecule has 1 heterocycles. The summed E-state index contributed by atoms with van der Waals surface area (Å²) in [5.41, 5.74) is -0.150. The Morgan fingerprint density at radius 2 is 1.82 bits per heavy atom. The van der Waals surface area contributed by atoms with Crippen LogP contribution in [0.4, 0.5) is 16.3 Å². The van der Waals surface area contributed by atoms with Gasteiger partial charge in [-0.15, -0.1) is 0 Å². The highest BCUT2D eigenvalue weighted by molar-refractivity contribution is 6.01. The van der Waals surface area contributed by atoms with E-state index in [4.69, 9.17) is 9.47 Å². The Morgan fingerprint density at radius 3 is 2.36 bits per heavy atom. The molecule has 1 aliphatic carbocycles. The van der Waals surface area contributed by atoms with Gasteiger partial charge in [0, 0.05) is 18.4 Å². The molecule has 0 radical (unpaired) electrons. The van der Waals surface area contributed by atoms with Crippen LogP contribution in [0.3, 0.4) is 0 Å². The van der Waals surface area contributed by atoms with Crippen molar-refractivity contribution in [2.45, 2.75) is 39.2 Å². The summed E-state index contributed by atoms with van der Waals surface area (Å²) in [6.45, 7) is 5.87. The molecule has 1 saturated carbocycles. The largest absolute Gasteiger partial charge is 0.476 e. The molecule has 33 heavy (non-hydrogen) atoms. The van der Waals surface area contributed by atoms with Crippen molar-refractivity contribution in [3.63, 3.8) is 0 Å². The van der Waals surface area contributed by atoms with E-state index in [1.165, 1.54) is 19.4 Å². The topological polar surface area (TPSA) is 107 Å². The van der Waals surface area contributed by atoms with Crippen molar-refractivity contribution in [2.24, 2.45) is 5.92 Å². The molecule has 1 aromatic heterocycles. The lowest BCUT2D eigenvalue weighted by Crippen LogP contribution is -2.39. The Morgan fingerprint density at radius 1 is 1.12 bits per heavy atom. The lowest BCUT2D eigenvalue weighted by molar-refractivity contribution is -0.158. The van der Waals surface area contributed by atoms with Crippen molar-refractivity contribution in [2.75, 3.05) is 30.5 Å². The molecule has 3 rings (SSSR count). The summed E-state index contributed by atoms with van der Waals surface area (Å²) in [5, 5.41) is 2.77. The number of amides is 2. The smallest absolute Gasteiger partial charge is 0.349 e. The Kier molecular flexibility index (Phi) is 7.52. The van der Waals surface area contributed by atoms with Gasteiger partial charge >= 0.3 is 18.0 Å². The Hall–Kier alpha value is -3.62. The van der Waals surface area contributed by atoms with Gasteiger partial charge in [0.25, 0.3) is 0 Å². The number of aromatic nitrogens is 1. The number of carbonyl (C=O) groups excluding carboxylic acids is 3. The summed E-state index contributed by atoms with van der Waals surface area (Å²) in [6.07, 6.45) is 3.50. The van der Waals surface area contributed by atoms with Gasteiger partial charge in [0.1, 0.15) is 11.6 Å². The first-order valence-corrected chi connectivity index (χ1v) is 10.8. The Balaban J connectivity index is 1.71. The molecule has 176 valence electrons. The number of benzene rings is 1. The molecule has 9 nitrogen and oxygen atoms in total. The zero-order valence-electron chi connectivity index (χ0n) is 19.3.